The molecule has 2 aliphatic heterocycles. The molecule has 168 valence electrons. The van der Waals surface area contributed by atoms with Crippen molar-refractivity contribution < 1.29 is 9.53 Å². The van der Waals surface area contributed by atoms with Crippen LogP contribution >= 0.6 is 11.8 Å². The minimum atomic E-state index is -0.111. The first-order chi connectivity index (χ1) is 15.4. The third-order valence-corrected chi connectivity index (χ3v) is 7.41. The van der Waals surface area contributed by atoms with Gasteiger partial charge in [0.25, 0.3) is 5.91 Å². The standard InChI is InChI=1S/C26H31N3O2S/c1-17-6-8-21(18(2)14-17)22-9-7-20(16-23(22)31-5)15-19(3)24-25(30)27-26(32-24)29-12-10-28(4)11-13-29/h6-9,14,16H,10-13,15H2,1-5H3/b24-19+. The lowest BCUT2D eigenvalue weighted by Crippen LogP contribution is -2.46. The van der Waals surface area contributed by atoms with Crippen molar-refractivity contribution in [2.45, 2.75) is 27.2 Å². The number of rotatable bonds is 4. The van der Waals surface area contributed by atoms with Gasteiger partial charge in [-0.3, -0.25) is 4.79 Å². The molecule has 0 atom stereocenters. The third kappa shape index (κ3) is 4.76. The number of ether oxygens (including phenoxy) is 1. The molecule has 1 saturated heterocycles. The lowest BCUT2D eigenvalue weighted by Gasteiger charge is -2.33. The molecule has 0 aromatic heterocycles. The summed E-state index contributed by atoms with van der Waals surface area (Å²) in [5, 5.41) is 0.847. The largest absolute Gasteiger partial charge is 0.496 e. The van der Waals surface area contributed by atoms with Crippen molar-refractivity contribution in [3.63, 3.8) is 0 Å². The van der Waals surface area contributed by atoms with Crippen molar-refractivity contribution >= 4 is 22.8 Å². The molecule has 4 rings (SSSR count). The first-order valence-corrected chi connectivity index (χ1v) is 11.9. The fourth-order valence-corrected chi connectivity index (χ4v) is 5.27. The van der Waals surface area contributed by atoms with E-state index >= 15 is 0 Å². The van der Waals surface area contributed by atoms with E-state index in [4.69, 9.17) is 4.74 Å². The maximum Gasteiger partial charge on any atom is 0.286 e. The number of benzene rings is 2. The van der Waals surface area contributed by atoms with Gasteiger partial charge in [-0.15, -0.1) is 0 Å². The second-order valence-electron chi connectivity index (χ2n) is 8.73. The number of amidine groups is 1. The van der Waals surface area contributed by atoms with Crippen molar-refractivity contribution in [1.82, 2.24) is 9.80 Å². The van der Waals surface area contributed by atoms with Gasteiger partial charge in [0.05, 0.1) is 12.0 Å². The van der Waals surface area contributed by atoms with Gasteiger partial charge in [0.2, 0.25) is 0 Å². The molecule has 1 amide bonds. The van der Waals surface area contributed by atoms with Gasteiger partial charge < -0.3 is 14.5 Å². The fourth-order valence-electron chi connectivity index (χ4n) is 4.27. The van der Waals surface area contributed by atoms with Crippen LogP contribution in [0.4, 0.5) is 0 Å². The van der Waals surface area contributed by atoms with Crippen LogP contribution in [0.2, 0.25) is 0 Å². The number of carbonyl (C=O) groups is 1. The molecular formula is C26H31N3O2S. The average molecular weight is 450 g/mol. The third-order valence-electron chi connectivity index (χ3n) is 6.15. The van der Waals surface area contributed by atoms with Crippen molar-refractivity contribution in [1.29, 1.82) is 0 Å². The number of piperazine rings is 1. The molecule has 0 bridgehead atoms. The lowest BCUT2D eigenvalue weighted by molar-refractivity contribution is -0.113. The number of amides is 1. The van der Waals surface area contributed by atoms with Crippen LogP contribution in [0, 0.1) is 13.8 Å². The van der Waals surface area contributed by atoms with E-state index < -0.39 is 0 Å². The molecule has 32 heavy (non-hydrogen) atoms. The summed E-state index contributed by atoms with van der Waals surface area (Å²) in [4.78, 5) is 22.3. The van der Waals surface area contributed by atoms with Crippen LogP contribution in [-0.4, -0.2) is 61.2 Å². The minimum Gasteiger partial charge on any atom is -0.496 e. The number of hydrogen-bond donors (Lipinski definition) is 0. The second-order valence-corrected chi connectivity index (χ2v) is 9.71. The van der Waals surface area contributed by atoms with Crippen LogP contribution < -0.4 is 4.74 Å². The zero-order valence-corrected chi connectivity index (χ0v) is 20.4. The molecule has 5 nitrogen and oxygen atoms in total. The molecule has 2 aromatic carbocycles. The Hall–Kier alpha value is -2.57. The van der Waals surface area contributed by atoms with Crippen molar-refractivity contribution in [3.05, 3.63) is 63.6 Å². The van der Waals surface area contributed by atoms with Gasteiger partial charge in [-0.25, -0.2) is 0 Å². The fraction of sp³-hybridized carbons (Fsp3) is 0.385. The van der Waals surface area contributed by atoms with E-state index in [-0.39, 0.29) is 5.91 Å². The molecule has 6 heteroatoms. The number of allylic oxidation sites excluding steroid dienone is 1. The van der Waals surface area contributed by atoms with E-state index in [1.165, 1.54) is 28.5 Å². The van der Waals surface area contributed by atoms with E-state index in [1.54, 1.807) is 7.11 Å². The monoisotopic (exact) mass is 449 g/mol. The zero-order valence-electron chi connectivity index (χ0n) is 19.6. The predicted octanol–water partition coefficient (Wildman–Crippen LogP) is 4.67. The molecule has 0 N–H and O–H groups in total. The molecule has 0 spiro atoms. The Kier molecular flexibility index (Phi) is 6.72. The van der Waals surface area contributed by atoms with Gasteiger partial charge in [0.1, 0.15) is 5.75 Å². The number of aliphatic imine (C=N–C) groups is 1. The van der Waals surface area contributed by atoms with Crippen LogP contribution in [0.15, 0.2) is 51.9 Å². The van der Waals surface area contributed by atoms with Gasteiger partial charge in [-0.1, -0.05) is 35.9 Å². The molecular weight excluding hydrogens is 418 g/mol. The average Bonchev–Trinajstić information content (AvgIpc) is 3.16. The molecule has 0 saturated carbocycles. The molecule has 1 fully saturated rings. The number of hydrogen-bond acceptors (Lipinski definition) is 5. The summed E-state index contributed by atoms with van der Waals surface area (Å²) >= 11 is 1.52. The summed E-state index contributed by atoms with van der Waals surface area (Å²) in [5.41, 5.74) is 6.93. The highest BCUT2D eigenvalue weighted by Crippen LogP contribution is 2.36. The maximum atomic E-state index is 12.6. The van der Waals surface area contributed by atoms with Crippen LogP contribution in [0.1, 0.15) is 23.6 Å². The Morgan fingerprint density at radius 3 is 2.47 bits per heavy atom. The number of methoxy groups -OCH3 is 1. The quantitative estimate of drug-likeness (QED) is 0.635. The summed E-state index contributed by atoms with van der Waals surface area (Å²) in [6, 6.07) is 12.8. The van der Waals surface area contributed by atoms with Crippen LogP contribution in [0.5, 0.6) is 5.75 Å². The SMILES string of the molecule is COc1cc(C/C(C)=C2/SC(N3CCN(C)CC3)=NC2=O)ccc1-c1ccc(C)cc1C. The molecule has 2 aliphatic rings. The number of nitrogens with zero attached hydrogens (tertiary/aromatic N) is 3. The van der Waals surface area contributed by atoms with Crippen molar-refractivity contribution in [3.8, 4) is 16.9 Å². The highest BCUT2D eigenvalue weighted by molar-refractivity contribution is 8.18. The molecule has 0 aliphatic carbocycles. The Balaban J connectivity index is 1.52. The van der Waals surface area contributed by atoms with Gasteiger partial charge in [-0.2, -0.15) is 4.99 Å². The van der Waals surface area contributed by atoms with E-state index in [1.807, 2.05) is 6.92 Å². The number of aryl methyl sites for hydroxylation is 2. The number of thioether (sulfide) groups is 1. The van der Waals surface area contributed by atoms with E-state index in [0.29, 0.717) is 6.42 Å². The van der Waals surface area contributed by atoms with Gasteiger partial charge >= 0.3 is 0 Å². The Labute approximate surface area is 195 Å². The Bertz CT molecular complexity index is 1100. The molecule has 2 heterocycles. The van der Waals surface area contributed by atoms with Crippen LogP contribution in [0.25, 0.3) is 11.1 Å². The summed E-state index contributed by atoms with van der Waals surface area (Å²) in [6.45, 7) is 10.1. The van der Waals surface area contributed by atoms with Crippen LogP contribution in [0.3, 0.4) is 0 Å². The second kappa shape index (κ2) is 9.51. The maximum absolute atomic E-state index is 12.6. The Morgan fingerprint density at radius 1 is 1.06 bits per heavy atom. The van der Waals surface area contributed by atoms with E-state index in [2.05, 4.69) is 72.1 Å². The van der Waals surface area contributed by atoms with Gasteiger partial charge in [-0.05, 0) is 74.3 Å². The summed E-state index contributed by atoms with van der Waals surface area (Å²) in [5.74, 6) is 0.743. The first-order valence-electron chi connectivity index (χ1n) is 11.0. The molecule has 0 unspecified atom stereocenters. The smallest absolute Gasteiger partial charge is 0.286 e. The van der Waals surface area contributed by atoms with Crippen LogP contribution in [-0.2, 0) is 11.2 Å². The summed E-state index contributed by atoms with van der Waals surface area (Å²) in [6.07, 6.45) is 0.698. The first kappa shape index (κ1) is 22.6. The lowest BCUT2D eigenvalue weighted by atomic mass is 9.95. The van der Waals surface area contributed by atoms with E-state index in [9.17, 15) is 4.79 Å². The van der Waals surface area contributed by atoms with Crippen molar-refractivity contribution in [2.24, 2.45) is 4.99 Å². The van der Waals surface area contributed by atoms with Crippen molar-refractivity contribution in [2.75, 3.05) is 40.3 Å². The molecule has 2 aromatic rings. The molecule has 0 radical (unpaired) electrons. The van der Waals surface area contributed by atoms with E-state index in [0.717, 1.165) is 58.7 Å². The highest BCUT2D eigenvalue weighted by atomic mass is 32.2. The minimum absolute atomic E-state index is 0.111. The Morgan fingerprint density at radius 2 is 1.78 bits per heavy atom. The summed E-state index contributed by atoms with van der Waals surface area (Å²) in [7, 11) is 3.84. The number of likely N-dealkylation sites (N-methyl/N-ethyl adjacent to an activating group) is 1. The normalized spacial score (nSPS) is 18.7. The predicted molar refractivity (Wildman–Crippen MR) is 133 cm³/mol. The van der Waals surface area contributed by atoms with Gasteiger partial charge in [0.15, 0.2) is 5.17 Å². The zero-order chi connectivity index (χ0) is 22.8. The van der Waals surface area contributed by atoms with Gasteiger partial charge in [0, 0.05) is 31.7 Å². The highest BCUT2D eigenvalue weighted by Gasteiger charge is 2.29. The number of carbonyl (C=O) groups excluding carboxylic acids is 1. The summed E-state index contributed by atoms with van der Waals surface area (Å²) < 4.78 is 5.74. The topological polar surface area (TPSA) is 45.1 Å².